The summed E-state index contributed by atoms with van der Waals surface area (Å²) in [6, 6.07) is 13.7. The van der Waals surface area contributed by atoms with E-state index in [-0.39, 0.29) is 5.97 Å². The maximum absolute atomic E-state index is 12.3. The van der Waals surface area contributed by atoms with E-state index in [0.29, 0.717) is 29.9 Å². The zero-order valence-electron chi connectivity index (χ0n) is 22.5. The van der Waals surface area contributed by atoms with Crippen molar-refractivity contribution in [3.05, 3.63) is 58.6 Å². The van der Waals surface area contributed by atoms with Crippen LogP contribution in [0.15, 0.2) is 42.5 Å². The summed E-state index contributed by atoms with van der Waals surface area (Å²) < 4.78 is 11.3. The Hall–Kier alpha value is -2.64. The van der Waals surface area contributed by atoms with E-state index in [0.717, 1.165) is 54.7 Å². The molecule has 198 valence electrons. The van der Waals surface area contributed by atoms with Crippen molar-refractivity contribution in [3.63, 3.8) is 0 Å². The lowest BCUT2D eigenvalue weighted by molar-refractivity contribution is 0.0600. The quantitative estimate of drug-likeness (QED) is 0.156. The molecule has 0 saturated heterocycles. The van der Waals surface area contributed by atoms with Crippen LogP contribution in [0.3, 0.4) is 0 Å². The van der Waals surface area contributed by atoms with Crippen molar-refractivity contribution >= 4 is 23.3 Å². The van der Waals surface area contributed by atoms with Crippen LogP contribution in [-0.2, 0) is 11.2 Å². The van der Waals surface area contributed by atoms with Gasteiger partial charge in [-0.1, -0.05) is 29.7 Å². The summed E-state index contributed by atoms with van der Waals surface area (Å²) in [5.74, 6) is 9.89. The topological polar surface area (TPSA) is 38.8 Å². The van der Waals surface area contributed by atoms with Crippen molar-refractivity contribution in [2.24, 2.45) is 23.7 Å². The maximum Gasteiger partial charge on any atom is 0.337 e. The van der Waals surface area contributed by atoms with Crippen molar-refractivity contribution in [1.29, 1.82) is 0 Å². The molecule has 2 fully saturated rings. The summed E-state index contributed by atoms with van der Waals surface area (Å²) in [6.07, 6.45) is 8.12. The molecule has 0 bridgehead atoms. The molecule has 5 heteroatoms. The number of aryl methyl sites for hydroxylation is 1. The zero-order valence-corrected chi connectivity index (χ0v) is 23.2. The molecule has 0 aliphatic heterocycles. The van der Waals surface area contributed by atoms with Crippen molar-refractivity contribution < 1.29 is 14.3 Å². The molecule has 3 atom stereocenters. The van der Waals surface area contributed by atoms with Crippen LogP contribution >= 0.6 is 11.6 Å². The second-order valence-electron chi connectivity index (χ2n) is 10.4. The fraction of sp³-hybridized carbons (Fsp3) is 0.531. The van der Waals surface area contributed by atoms with E-state index in [1.54, 1.807) is 6.07 Å². The summed E-state index contributed by atoms with van der Waals surface area (Å²) in [7, 11) is 1.43. The second kappa shape index (κ2) is 13.2. The number of carbonyl (C=O) groups is 1. The molecule has 4 nitrogen and oxygen atoms in total. The van der Waals surface area contributed by atoms with Crippen molar-refractivity contribution in [2.75, 3.05) is 31.7 Å². The van der Waals surface area contributed by atoms with E-state index < -0.39 is 0 Å². The predicted octanol–water partition coefficient (Wildman–Crippen LogP) is 7.43. The van der Waals surface area contributed by atoms with E-state index in [2.05, 4.69) is 29.7 Å². The van der Waals surface area contributed by atoms with Crippen LogP contribution in [0, 0.1) is 35.5 Å². The second-order valence-corrected chi connectivity index (χ2v) is 10.8. The number of anilines is 1. The number of hydrogen-bond donors (Lipinski definition) is 0. The minimum absolute atomic E-state index is 0.320. The number of nitrogens with zero attached hydrogens (tertiary/aromatic N) is 1. The van der Waals surface area contributed by atoms with Gasteiger partial charge in [0.25, 0.3) is 0 Å². The minimum atomic E-state index is -0.320. The van der Waals surface area contributed by atoms with Crippen LogP contribution in [0.5, 0.6) is 5.75 Å². The Morgan fingerprint density at radius 2 is 1.97 bits per heavy atom. The minimum Gasteiger partial charge on any atom is -0.491 e. The summed E-state index contributed by atoms with van der Waals surface area (Å²) in [4.78, 5) is 14.7. The van der Waals surface area contributed by atoms with Crippen LogP contribution < -0.4 is 9.64 Å². The van der Waals surface area contributed by atoms with Gasteiger partial charge in [0.2, 0.25) is 0 Å². The highest BCUT2D eigenvalue weighted by Gasteiger charge is 2.43. The molecule has 2 aromatic carbocycles. The number of unbranched alkanes of at least 4 members (excludes halogenated alkanes) is 1. The highest BCUT2D eigenvalue weighted by molar-refractivity contribution is 6.30. The molecule has 0 heterocycles. The van der Waals surface area contributed by atoms with Gasteiger partial charge in [-0.15, -0.1) is 5.92 Å². The zero-order chi connectivity index (χ0) is 26.2. The maximum atomic E-state index is 12.3. The number of hydrogen-bond acceptors (Lipinski definition) is 4. The summed E-state index contributed by atoms with van der Waals surface area (Å²) in [6.45, 7) is 6.60. The third kappa shape index (κ3) is 7.23. The van der Waals surface area contributed by atoms with Crippen molar-refractivity contribution in [2.45, 2.75) is 58.8 Å². The molecular formula is C32H40ClNO3. The Labute approximate surface area is 227 Å². The van der Waals surface area contributed by atoms with Gasteiger partial charge in [0.05, 0.1) is 25.0 Å². The van der Waals surface area contributed by atoms with Gasteiger partial charge >= 0.3 is 5.97 Å². The van der Waals surface area contributed by atoms with Gasteiger partial charge in [-0.2, -0.15) is 0 Å². The van der Waals surface area contributed by atoms with Gasteiger partial charge in [-0.3, -0.25) is 0 Å². The van der Waals surface area contributed by atoms with Gasteiger partial charge in [0.1, 0.15) is 5.75 Å². The molecule has 2 saturated carbocycles. The molecule has 0 spiro atoms. The summed E-state index contributed by atoms with van der Waals surface area (Å²) >= 11 is 6.11. The fourth-order valence-electron chi connectivity index (χ4n) is 5.61. The normalized spacial score (nSPS) is 19.2. The van der Waals surface area contributed by atoms with Crippen molar-refractivity contribution in [3.8, 4) is 17.6 Å². The number of benzene rings is 2. The van der Waals surface area contributed by atoms with E-state index in [1.165, 1.54) is 38.4 Å². The SMILES string of the molecule is CC#CC(C1CC1)[C@@H]1CCC1CN(CC)c1cc(C(=O)OC)ccc1OCCCCc1cccc(Cl)c1. The van der Waals surface area contributed by atoms with Crippen LogP contribution in [-0.4, -0.2) is 32.8 Å². The first kappa shape index (κ1) is 27.4. The van der Waals surface area contributed by atoms with Gasteiger partial charge in [0, 0.05) is 24.0 Å². The lowest BCUT2D eigenvalue weighted by Crippen LogP contribution is -2.41. The number of rotatable bonds is 13. The van der Waals surface area contributed by atoms with Crippen molar-refractivity contribution in [1.82, 2.24) is 0 Å². The Morgan fingerprint density at radius 1 is 1.14 bits per heavy atom. The third-order valence-corrected chi connectivity index (χ3v) is 8.18. The molecular weight excluding hydrogens is 482 g/mol. The molecule has 37 heavy (non-hydrogen) atoms. The molecule has 2 aromatic rings. The van der Waals surface area contributed by atoms with E-state index in [1.807, 2.05) is 37.3 Å². The highest BCUT2D eigenvalue weighted by Crippen LogP contribution is 2.50. The number of ether oxygens (including phenoxy) is 2. The summed E-state index contributed by atoms with van der Waals surface area (Å²) in [5.41, 5.74) is 2.79. The first-order chi connectivity index (χ1) is 18.0. The number of esters is 1. The smallest absolute Gasteiger partial charge is 0.337 e. The monoisotopic (exact) mass is 521 g/mol. The van der Waals surface area contributed by atoms with Gasteiger partial charge in [-0.25, -0.2) is 4.79 Å². The Kier molecular flexibility index (Phi) is 9.81. The molecule has 2 unspecified atom stereocenters. The van der Waals surface area contributed by atoms with E-state index in [4.69, 9.17) is 21.1 Å². The standard InChI is InChI=1S/C32H40ClNO3/c1-4-9-28(24-13-14-24)29-17-15-26(29)22-34(5-2)30-21-25(32(35)36-3)16-18-31(30)37-19-7-6-10-23-11-8-12-27(33)20-23/h8,11-12,16,18,20-21,24,26,28-29H,5-7,10,13-15,17,19,22H2,1-3H3/t26?,28?,29-/m1/s1. The van der Waals surface area contributed by atoms with Crippen LogP contribution in [0.4, 0.5) is 5.69 Å². The first-order valence-corrected chi connectivity index (χ1v) is 14.2. The van der Waals surface area contributed by atoms with Crippen LogP contribution in [0.2, 0.25) is 5.02 Å². The highest BCUT2D eigenvalue weighted by atomic mass is 35.5. The lowest BCUT2D eigenvalue weighted by Gasteiger charge is -2.43. The lowest BCUT2D eigenvalue weighted by atomic mass is 9.65. The molecule has 4 rings (SSSR count). The van der Waals surface area contributed by atoms with E-state index in [9.17, 15) is 4.79 Å². The van der Waals surface area contributed by atoms with Gasteiger partial charge in [-0.05, 0) is 112 Å². The summed E-state index contributed by atoms with van der Waals surface area (Å²) in [5, 5.41) is 0.780. The molecule has 0 radical (unpaired) electrons. The average molecular weight is 522 g/mol. The average Bonchev–Trinajstić information content (AvgIpc) is 3.73. The Bertz CT molecular complexity index is 1120. The van der Waals surface area contributed by atoms with Gasteiger partial charge in [0.15, 0.2) is 0 Å². The number of carbonyl (C=O) groups excluding carboxylic acids is 1. The van der Waals surface area contributed by atoms with Crippen LogP contribution in [0.25, 0.3) is 0 Å². The van der Waals surface area contributed by atoms with Crippen LogP contribution in [0.1, 0.15) is 68.3 Å². The number of halogens is 1. The molecule has 2 aliphatic rings. The molecule has 0 N–H and O–H groups in total. The first-order valence-electron chi connectivity index (χ1n) is 13.8. The largest absolute Gasteiger partial charge is 0.491 e. The molecule has 2 aliphatic carbocycles. The van der Waals surface area contributed by atoms with Gasteiger partial charge < -0.3 is 14.4 Å². The Balaban J connectivity index is 1.42. The number of methoxy groups -OCH3 is 1. The predicted molar refractivity (Wildman–Crippen MR) is 151 cm³/mol. The fourth-order valence-corrected chi connectivity index (χ4v) is 5.82. The van der Waals surface area contributed by atoms with E-state index >= 15 is 0 Å². The third-order valence-electron chi connectivity index (χ3n) is 7.94. The molecule has 0 amide bonds. The Morgan fingerprint density at radius 3 is 2.62 bits per heavy atom. The molecule has 0 aromatic heterocycles.